The molecule has 0 bridgehead atoms. The average Bonchev–Trinajstić information content (AvgIpc) is 3.00. The molecule has 0 heterocycles. The van der Waals surface area contributed by atoms with E-state index in [-0.39, 0.29) is 0 Å². The first kappa shape index (κ1) is 21.9. The molecule has 4 aliphatic rings. The maximum Gasteiger partial charge on any atom is 0.133 e. The van der Waals surface area contributed by atoms with Gasteiger partial charge < -0.3 is 0 Å². The highest BCUT2D eigenvalue weighted by atomic mass is 16.1. The van der Waals surface area contributed by atoms with Crippen LogP contribution >= 0.6 is 0 Å². The highest BCUT2D eigenvalue weighted by Gasteiger charge is 2.61. The zero-order chi connectivity index (χ0) is 21.0. The molecule has 29 heavy (non-hydrogen) atoms. The van der Waals surface area contributed by atoms with E-state index in [1.165, 1.54) is 57.8 Å². The van der Waals surface area contributed by atoms with Crippen LogP contribution in [-0.4, -0.2) is 5.78 Å². The van der Waals surface area contributed by atoms with Crippen LogP contribution in [0, 0.1) is 58.2 Å². The van der Waals surface area contributed by atoms with E-state index in [4.69, 9.17) is 0 Å². The van der Waals surface area contributed by atoms with Gasteiger partial charge in [0, 0.05) is 12.8 Å². The summed E-state index contributed by atoms with van der Waals surface area (Å²) in [4.78, 5) is 12.3. The molecular formula is C28H48O. The first-order valence-electron chi connectivity index (χ1n) is 13.2. The minimum absolute atomic E-state index is 0.430. The molecule has 0 amide bonds. The number of hydrogen-bond donors (Lipinski definition) is 0. The molecule has 4 saturated carbocycles. The molecule has 0 radical (unpaired) electrons. The molecule has 4 aliphatic carbocycles. The van der Waals surface area contributed by atoms with Crippen molar-refractivity contribution in [1.82, 2.24) is 0 Å². The van der Waals surface area contributed by atoms with Crippen molar-refractivity contribution in [3.63, 3.8) is 0 Å². The molecule has 0 aliphatic heterocycles. The molecule has 0 aromatic heterocycles. The van der Waals surface area contributed by atoms with Crippen LogP contribution in [0.1, 0.15) is 112 Å². The molecule has 0 aromatic rings. The van der Waals surface area contributed by atoms with Gasteiger partial charge in [0.2, 0.25) is 0 Å². The van der Waals surface area contributed by atoms with Crippen LogP contribution in [0.15, 0.2) is 0 Å². The van der Waals surface area contributed by atoms with Gasteiger partial charge in [-0.15, -0.1) is 0 Å². The van der Waals surface area contributed by atoms with Crippen LogP contribution in [-0.2, 0) is 4.79 Å². The minimum atomic E-state index is 0.430. The lowest BCUT2D eigenvalue weighted by Crippen LogP contribution is -2.56. The number of Topliss-reactive ketones (excluding diaryl/α,β-unsaturated/α-hetero) is 1. The predicted molar refractivity (Wildman–Crippen MR) is 123 cm³/mol. The maximum absolute atomic E-state index is 12.3. The molecular weight excluding hydrogens is 352 g/mol. The van der Waals surface area contributed by atoms with E-state index in [0.717, 1.165) is 48.3 Å². The molecule has 166 valence electrons. The minimum Gasteiger partial charge on any atom is -0.300 e. The SMILES string of the molecule is CC(C)CCC[C@@H](C)[C@H]1CC[C@H]2[C@@H]3CC[C@H]4CC(=O)C[C@H](C)[C@]4(C)[C@H]3CC[C@]12C. The number of rotatable bonds is 5. The molecule has 0 spiro atoms. The Morgan fingerprint density at radius 2 is 1.69 bits per heavy atom. The second-order valence-electron chi connectivity index (χ2n) is 12.9. The van der Waals surface area contributed by atoms with Crippen LogP contribution in [0.2, 0.25) is 0 Å². The Morgan fingerprint density at radius 3 is 2.41 bits per heavy atom. The van der Waals surface area contributed by atoms with Crippen molar-refractivity contribution in [2.24, 2.45) is 58.2 Å². The van der Waals surface area contributed by atoms with Gasteiger partial charge in [0.05, 0.1) is 0 Å². The quantitative estimate of drug-likeness (QED) is 0.458. The number of carbonyl (C=O) groups excluding carboxylic acids is 1. The molecule has 4 rings (SSSR count). The van der Waals surface area contributed by atoms with Gasteiger partial charge in [-0.2, -0.15) is 0 Å². The monoisotopic (exact) mass is 400 g/mol. The average molecular weight is 401 g/mol. The molecule has 4 fully saturated rings. The fourth-order valence-corrected chi connectivity index (χ4v) is 9.50. The van der Waals surface area contributed by atoms with Crippen LogP contribution in [0.25, 0.3) is 0 Å². The van der Waals surface area contributed by atoms with Gasteiger partial charge in [-0.3, -0.25) is 4.79 Å². The maximum atomic E-state index is 12.3. The third kappa shape index (κ3) is 3.55. The highest BCUT2D eigenvalue weighted by molar-refractivity contribution is 5.80. The summed E-state index contributed by atoms with van der Waals surface area (Å²) in [5.74, 6) is 7.32. The molecule has 0 N–H and O–H groups in total. The lowest BCUT2D eigenvalue weighted by atomic mass is 9.42. The van der Waals surface area contributed by atoms with E-state index in [1.807, 2.05) is 0 Å². The third-order valence-electron chi connectivity index (χ3n) is 11.2. The summed E-state index contributed by atoms with van der Waals surface area (Å²) >= 11 is 0. The standard InChI is InChI=1S/C28H48O/c1-18(2)8-7-9-19(3)24-12-13-25-23-11-10-21-17-22(29)16-20(4)28(21,6)26(23)14-15-27(24,25)5/h18-21,23-26H,7-17H2,1-6H3/t19-,20+,21+,23+,24-,25+,26+,27-,28+/m1/s1. The predicted octanol–water partition coefficient (Wildman–Crippen LogP) is 7.92. The zero-order valence-corrected chi connectivity index (χ0v) is 20.3. The fraction of sp³-hybridized carbons (Fsp3) is 0.964. The molecule has 0 saturated heterocycles. The topological polar surface area (TPSA) is 17.1 Å². The molecule has 9 atom stereocenters. The summed E-state index contributed by atoms with van der Waals surface area (Å²) in [5.41, 5.74) is 1.02. The molecule has 0 aromatic carbocycles. The second-order valence-corrected chi connectivity index (χ2v) is 12.9. The summed E-state index contributed by atoms with van der Waals surface area (Å²) < 4.78 is 0. The lowest BCUT2D eigenvalue weighted by molar-refractivity contribution is -0.152. The van der Waals surface area contributed by atoms with Crippen LogP contribution < -0.4 is 0 Å². The Balaban J connectivity index is 1.50. The number of hydrogen-bond acceptors (Lipinski definition) is 1. The zero-order valence-electron chi connectivity index (χ0n) is 20.3. The summed E-state index contributed by atoms with van der Waals surface area (Å²) in [7, 11) is 0. The fourth-order valence-electron chi connectivity index (χ4n) is 9.50. The van der Waals surface area contributed by atoms with Gasteiger partial charge in [0.15, 0.2) is 0 Å². The van der Waals surface area contributed by atoms with Crippen molar-refractivity contribution in [3.8, 4) is 0 Å². The Labute approximate surface area is 181 Å². The van der Waals surface area contributed by atoms with Crippen molar-refractivity contribution >= 4 is 5.78 Å². The van der Waals surface area contributed by atoms with Gasteiger partial charge >= 0.3 is 0 Å². The molecule has 0 unspecified atom stereocenters. The first-order chi connectivity index (χ1) is 13.7. The van der Waals surface area contributed by atoms with E-state index in [1.54, 1.807) is 0 Å². The summed E-state index contributed by atoms with van der Waals surface area (Å²) in [5, 5.41) is 0. The second kappa shape index (κ2) is 7.98. The summed E-state index contributed by atoms with van der Waals surface area (Å²) in [6, 6.07) is 0. The van der Waals surface area contributed by atoms with E-state index < -0.39 is 0 Å². The number of carbonyl (C=O) groups is 1. The van der Waals surface area contributed by atoms with Gasteiger partial charge in [0.25, 0.3) is 0 Å². The Bertz CT molecular complexity index is 607. The Kier molecular flexibility index (Phi) is 6.02. The van der Waals surface area contributed by atoms with E-state index in [9.17, 15) is 4.79 Å². The van der Waals surface area contributed by atoms with Crippen molar-refractivity contribution in [3.05, 3.63) is 0 Å². The summed E-state index contributed by atoms with van der Waals surface area (Å²) in [6.07, 6.45) is 14.6. The highest BCUT2D eigenvalue weighted by Crippen LogP contribution is 2.69. The van der Waals surface area contributed by atoms with Crippen molar-refractivity contribution in [2.75, 3.05) is 0 Å². The summed E-state index contributed by atoms with van der Waals surface area (Å²) in [6.45, 7) is 15.0. The normalized spacial score (nSPS) is 48.2. The van der Waals surface area contributed by atoms with Crippen molar-refractivity contribution in [2.45, 2.75) is 112 Å². The van der Waals surface area contributed by atoms with Gasteiger partial charge in [0.1, 0.15) is 5.78 Å². The van der Waals surface area contributed by atoms with E-state index >= 15 is 0 Å². The Morgan fingerprint density at radius 1 is 0.931 bits per heavy atom. The van der Waals surface area contributed by atoms with Crippen molar-refractivity contribution in [1.29, 1.82) is 0 Å². The molecule has 1 nitrogen and oxygen atoms in total. The van der Waals surface area contributed by atoms with E-state index in [2.05, 4.69) is 41.5 Å². The first-order valence-corrected chi connectivity index (χ1v) is 13.2. The number of fused-ring (bicyclic) bond motifs is 5. The van der Waals surface area contributed by atoms with Crippen LogP contribution in [0.4, 0.5) is 0 Å². The third-order valence-corrected chi connectivity index (χ3v) is 11.2. The lowest BCUT2D eigenvalue weighted by Gasteiger charge is -2.62. The largest absolute Gasteiger partial charge is 0.300 e. The van der Waals surface area contributed by atoms with Crippen LogP contribution in [0.3, 0.4) is 0 Å². The van der Waals surface area contributed by atoms with E-state index in [0.29, 0.717) is 28.4 Å². The van der Waals surface area contributed by atoms with Crippen molar-refractivity contribution < 1.29 is 4.79 Å². The smallest absolute Gasteiger partial charge is 0.133 e. The molecule has 1 heteroatoms. The Hall–Kier alpha value is -0.330. The van der Waals surface area contributed by atoms with Crippen LogP contribution in [0.5, 0.6) is 0 Å². The van der Waals surface area contributed by atoms with Gasteiger partial charge in [-0.25, -0.2) is 0 Å². The van der Waals surface area contributed by atoms with Gasteiger partial charge in [-0.05, 0) is 96.7 Å². The number of ketones is 1. The van der Waals surface area contributed by atoms with Gasteiger partial charge in [-0.1, -0.05) is 60.8 Å².